The number of hydrogen-bond donors (Lipinski definition) is 1. The molecule has 1 N–H and O–H groups in total. The van der Waals surface area contributed by atoms with Gasteiger partial charge >= 0.3 is 6.09 Å². The highest BCUT2D eigenvalue weighted by molar-refractivity contribution is 5.76. The second-order valence-electron chi connectivity index (χ2n) is 4.91. The van der Waals surface area contributed by atoms with E-state index in [4.69, 9.17) is 0 Å². The van der Waals surface area contributed by atoms with Crippen molar-refractivity contribution in [2.45, 2.75) is 12.5 Å². The van der Waals surface area contributed by atoms with Gasteiger partial charge in [0, 0.05) is 6.54 Å². The summed E-state index contributed by atoms with van der Waals surface area (Å²) in [6, 6.07) is 9.06. The van der Waals surface area contributed by atoms with Crippen molar-refractivity contribution in [2.24, 2.45) is 0 Å². The Balaban J connectivity index is 2.99. The number of carbonyl (C=O) groups is 2. The van der Waals surface area contributed by atoms with Crippen LogP contribution in [0.4, 0.5) is 4.79 Å². The van der Waals surface area contributed by atoms with E-state index in [2.05, 4.69) is 0 Å². The van der Waals surface area contributed by atoms with Crippen LogP contribution in [0.1, 0.15) is 12.5 Å². The third kappa shape index (κ3) is 4.06. The van der Waals surface area contributed by atoms with Gasteiger partial charge in [0.25, 0.3) is 0 Å². The predicted octanol–water partition coefficient (Wildman–Crippen LogP) is 1.70. The van der Waals surface area contributed by atoms with Crippen LogP contribution in [0.25, 0.3) is 0 Å². The molecule has 1 radical (unpaired) electrons. The number of hydrogen-bond acceptors (Lipinski definition) is 3. The van der Waals surface area contributed by atoms with Crippen LogP contribution in [-0.4, -0.2) is 53.5 Å². The maximum Gasteiger partial charge on any atom is 0.408 e. The molecule has 1 atom stereocenters. The zero-order valence-corrected chi connectivity index (χ0v) is 11.4. The molecule has 19 heavy (non-hydrogen) atoms. The molecule has 5 heteroatoms. The van der Waals surface area contributed by atoms with E-state index in [0.717, 1.165) is 10.5 Å². The van der Waals surface area contributed by atoms with Crippen LogP contribution in [0.5, 0.6) is 0 Å². The average Bonchev–Trinajstić information content (AvgIpc) is 2.36. The van der Waals surface area contributed by atoms with E-state index in [1.165, 1.54) is 6.54 Å². The molecular weight excluding hydrogens is 244 g/mol. The van der Waals surface area contributed by atoms with Gasteiger partial charge in [0.2, 0.25) is 0 Å². The number of carbonyl (C=O) groups excluding carboxylic acids is 1. The van der Waals surface area contributed by atoms with Crippen molar-refractivity contribution in [3.8, 4) is 0 Å². The molecular formula is C14H19N2O3. The lowest BCUT2D eigenvalue weighted by Crippen LogP contribution is -2.54. The monoisotopic (exact) mass is 263 g/mol. The molecule has 0 aliphatic heterocycles. The molecule has 0 saturated heterocycles. The Labute approximate surface area is 113 Å². The standard InChI is InChI=1S/C14H19N2O3/c1-14(11-17,10-15(2)3)16(13(18)19)9-12-7-5-4-6-8-12/h4-9,11H,10H2,1-3H3,(H,18,19). The number of benzene rings is 1. The van der Waals surface area contributed by atoms with Crippen molar-refractivity contribution in [3.63, 3.8) is 0 Å². The van der Waals surface area contributed by atoms with Gasteiger partial charge in [-0.1, -0.05) is 30.3 Å². The van der Waals surface area contributed by atoms with Gasteiger partial charge in [-0.25, -0.2) is 4.79 Å². The van der Waals surface area contributed by atoms with Crippen LogP contribution < -0.4 is 0 Å². The van der Waals surface area contributed by atoms with E-state index in [1.54, 1.807) is 38.1 Å². The molecule has 0 aromatic heterocycles. The van der Waals surface area contributed by atoms with Crippen molar-refractivity contribution < 1.29 is 14.7 Å². The fraction of sp³-hybridized carbons (Fsp3) is 0.357. The minimum atomic E-state index is -1.15. The molecule has 1 aromatic rings. The number of likely N-dealkylation sites (N-methyl/N-ethyl adjacent to an activating group) is 1. The number of amides is 1. The van der Waals surface area contributed by atoms with Crippen molar-refractivity contribution in [1.82, 2.24) is 9.80 Å². The maximum atomic E-state index is 11.4. The first-order valence-electron chi connectivity index (χ1n) is 5.92. The number of carboxylic acid groups (broad SMARTS) is 1. The minimum absolute atomic E-state index is 0.312. The van der Waals surface area contributed by atoms with Crippen LogP contribution in [-0.2, 0) is 4.79 Å². The third-order valence-corrected chi connectivity index (χ3v) is 2.72. The average molecular weight is 263 g/mol. The molecule has 1 rings (SSSR count). The summed E-state index contributed by atoms with van der Waals surface area (Å²) < 4.78 is 0. The van der Waals surface area contributed by atoms with E-state index < -0.39 is 11.6 Å². The van der Waals surface area contributed by atoms with E-state index in [9.17, 15) is 14.7 Å². The molecule has 103 valence electrons. The molecule has 0 spiro atoms. The minimum Gasteiger partial charge on any atom is -0.465 e. The highest BCUT2D eigenvalue weighted by atomic mass is 16.4. The molecule has 0 heterocycles. The summed E-state index contributed by atoms with van der Waals surface area (Å²) in [4.78, 5) is 25.6. The van der Waals surface area contributed by atoms with E-state index >= 15 is 0 Å². The summed E-state index contributed by atoms with van der Waals surface area (Å²) in [7, 11) is 3.59. The van der Waals surface area contributed by atoms with Crippen molar-refractivity contribution in [3.05, 3.63) is 42.4 Å². The van der Waals surface area contributed by atoms with Gasteiger partial charge in [-0.15, -0.1) is 0 Å². The Bertz CT molecular complexity index is 434. The highest BCUT2D eigenvalue weighted by Gasteiger charge is 2.36. The Kier molecular flexibility index (Phi) is 5.06. The molecule has 5 nitrogen and oxygen atoms in total. The summed E-state index contributed by atoms with van der Waals surface area (Å²) >= 11 is 0. The molecule has 0 aliphatic carbocycles. The van der Waals surface area contributed by atoms with Crippen LogP contribution in [0.3, 0.4) is 0 Å². The normalized spacial score (nSPS) is 13.9. The summed E-state index contributed by atoms with van der Waals surface area (Å²) in [5.41, 5.74) is -0.387. The first-order valence-corrected chi connectivity index (χ1v) is 5.92. The Morgan fingerprint density at radius 1 is 1.32 bits per heavy atom. The van der Waals surface area contributed by atoms with E-state index in [1.807, 2.05) is 18.2 Å². The number of aldehydes is 1. The smallest absolute Gasteiger partial charge is 0.408 e. The first kappa shape index (κ1) is 15.2. The van der Waals surface area contributed by atoms with Crippen molar-refractivity contribution in [2.75, 3.05) is 20.6 Å². The van der Waals surface area contributed by atoms with Crippen molar-refractivity contribution >= 4 is 12.4 Å². The quantitative estimate of drug-likeness (QED) is 0.793. The lowest BCUT2D eigenvalue weighted by Gasteiger charge is -2.36. The lowest BCUT2D eigenvalue weighted by atomic mass is 10.0. The number of nitrogens with zero attached hydrogens (tertiary/aromatic N) is 2. The largest absolute Gasteiger partial charge is 0.465 e. The molecule has 0 aliphatic rings. The summed E-state index contributed by atoms with van der Waals surface area (Å²) in [6.45, 7) is 3.39. The predicted molar refractivity (Wildman–Crippen MR) is 72.7 cm³/mol. The van der Waals surface area contributed by atoms with Crippen molar-refractivity contribution in [1.29, 1.82) is 0 Å². The van der Waals surface area contributed by atoms with E-state index in [-0.39, 0.29) is 0 Å². The fourth-order valence-corrected chi connectivity index (χ4v) is 1.92. The van der Waals surface area contributed by atoms with Gasteiger partial charge in [-0.3, -0.25) is 4.90 Å². The molecule has 0 bridgehead atoms. The molecule has 1 aromatic carbocycles. The van der Waals surface area contributed by atoms with Crippen LogP contribution >= 0.6 is 0 Å². The second-order valence-corrected chi connectivity index (χ2v) is 4.91. The van der Waals surface area contributed by atoms with Gasteiger partial charge in [-0.05, 0) is 26.6 Å². The highest BCUT2D eigenvalue weighted by Crippen LogP contribution is 2.19. The number of rotatable bonds is 6. The maximum absolute atomic E-state index is 11.4. The topological polar surface area (TPSA) is 60.9 Å². The fourth-order valence-electron chi connectivity index (χ4n) is 1.92. The molecule has 1 unspecified atom stereocenters. The zero-order valence-electron chi connectivity index (χ0n) is 11.4. The Morgan fingerprint density at radius 2 is 1.89 bits per heavy atom. The van der Waals surface area contributed by atoms with Gasteiger partial charge in [-0.2, -0.15) is 0 Å². The SMILES string of the molecule is CN(C)CC(C)(C=O)N([CH]c1ccccc1)C(=O)O. The summed E-state index contributed by atoms with van der Waals surface area (Å²) in [6.07, 6.45) is -0.485. The van der Waals surface area contributed by atoms with Crippen LogP contribution in [0, 0.1) is 6.54 Å². The summed E-state index contributed by atoms with van der Waals surface area (Å²) in [5, 5.41) is 9.33. The Hall–Kier alpha value is -1.88. The van der Waals surface area contributed by atoms with Crippen LogP contribution in [0.2, 0.25) is 0 Å². The Morgan fingerprint density at radius 3 is 2.32 bits per heavy atom. The van der Waals surface area contributed by atoms with Gasteiger partial charge in [0.15, 0.2) is 0 Å². The summed E-state index contributed by atoms with van der Waals surface area (Å²) in [5.74, 6) is 0. The van der Waals surface area contributed by atoms with Gasteiger partial charge < -0.3 is 14.8 Å². The van der Waals surface area contributed by atoms with E-state index in [0.29, 0.717) is 12.8 Å². The first-order chi connectivity index (χ1) is 8.89. The molecule has 0 fully saturated rings. The third-order valence-electron chi connectivity index (χ3n) is 2.72. The zero-order chi connectivity index (χ0) is 14.5. The molecule has 1 amide bonds. The second kappa shape index (κ2) is 6.33. The lowest BCUT2D eigenvalue weighted by molar-refractivity contribution is -0.116. The van der Waals surface area contributed by atoms with Gasteiger partial charge in [0.1, 0.15) is 11.8 Å². The molecule has 0 saturated carbocycles. The van der Waals surface area contributed by atoms with Gasteiger partial charge in [0.05, 0.1) is 6.54 Å². The van der Waals surface area contributed by atoms with Crippen LogP contribution in [0.15, 0.2) is 30.3 Å².